The van der Waals surface area contributed by atoms with Crippen molar-refractivity contribution in [2.45, 2.75) is 77.0 Å². The normalized spacial score (nSPS) is 55.2. The van der Waals surface area contributed by atoms with Crippen LogP contribution in [0.15, 0.2) is 11.6 Å². The summed E-state index contributed by atoms with van der Waals surface area (Å²) in [5.41, 5.74) is 0.502. The van der Waals surface area contributed by atoms with Crippen molar-refractivity contribution < 1.29 is 9.50 Å². The molecule has 0 amide bonds. The van der Waals surface area contributed by atoms with Gasteiger partial charge in [-0.25, -0.2) is 4.39 Å². The topological polar surface area (TPSA) is 20.2 Å². The zero-order valence-electron chi connectivity index (χ0n) is 14.4. The molecule has 0 spiro atoms. The summed E-state index contributed by atoms with van der Waals surface area (Å²) < 4.78 is 13.9. The van der Waals surface area contributed by atoms with E-state index in [4.69, 9.17) is 6.42 Å². The number of hydrogen-bond donors (Lipinski definition) is 1. The lowest BCUT2D eigenvalue weighted by atomic mass is 9.47. The summed E-state index contributed by atoms with van der Waals surface area (Å²) in [7, 11) is 0. The summed E-state index contributed by atoms with van der Waals surface area (Å²) in [5, 5.41) is 11.0. The lowest BCUT2D eigenvalue weighted by Gasteiger charge is -2.58. The number of halogens is 1. The molecule has 0 bridgehead atoms. The first kappa shape index (κ1) is 15.7. The highest BCUT2D eigenvalue weighted by Gasteiger charge is 2.63. The molecule has 0 aromatic carbocycles. The molecule has 1 nitrogen and oxygen atoms in total. The largest absolute Gasteiger partial charge is 0.377 e. The third kappa shape index (κ3) is 1.89. The fraction of sp³-hybridized carbons (Fsp3) is 0.810. The standard InChI is InChI=1S/C21H29FO/c1-4-21(23)12-9-18-16-6-5-14-13-15(22)7-10-19(14,2)17(16)8-11-20(18,21)3/h1,5,15-18,23H,6-13H2,2-3H3/t15?,16-,17-,18+,19+,20+,21?/m1/s1. The molecule has 23 heavy (non-hydrogen) atoms. The Labute approximate surface area is 139 Å². The predicted octanol–water partition coefficient (Wildman–Crippen LogP) is 4.65. The van der Waals surface area contributed by atoms with E-state index in [0.717, 1.165) is 38.5 Å². The number of rotatable bonds is 0. The summed E-state index contributed by atoms with van der Waals surface area (Å²) in [5.74, 6) is 4.51. The fourth-order valence-corrected chi connectivity index (χ4v) is 6.87. The quantitative estimate of drug-likeness (QED) is 0.509. The van der Waals surface area contributed by atoms with Crippen LogP contribution in [-0.4, -0.2) is 16.9 Å². The first-order chi connectivity index (χ1) is 10.8. The van der Waals surface area contributed by atoms with Gasteiger partial charge in [0.05, 0.1) is 0 Å². The van der Waals surface area contributed by atoms with E-state index in [1.54, 1.807) is 0 Å². The van der Waals surface area contributed by atoms with Crippen LogP contribution in [0, 0.1) is 40.9 Å². The second-order valence-electron chi connectivity index (χ2n) is 9.10. The molecule has 0 saturated heterocycles. The van der Waals surface area contributed by atoms with E-state index in [0.29, 0.717) is 30.6 Å². The minimum absolute atomic E-state index is 0.137. The minimum atomic E-state index is -0.926. The molecular formula is C21H29FO. The molecule has 4 rings (SSSR count). The van der Waals surface area contributed by atoms with Crippen LogP contribution in [0.5, 0.6) is 0 Å². The molecule has 7 atom stereocenters. The molecule has 3 saturated carbocycles. The molecule has 3 fully saturated rings. The van der Waals surface area contributed by atoms with Gasteiger partial charge >= 0.3 is 0 Å². The van der Waals surface area contributed by atoms with Gasteiger partial charge in [-0.05, 0) is 68.1 Å². The van der Waals surface area contributed by atoms with Crippen LogP contribution in [0.3, 0.4) is 0 Å². The van der Waals surface area contributed by atoms with Crippen molar-refractivity contribution in [3.63, 3.8) is 0 Å². The van der Waals surface area contributed by atoms with Gasteiger partial charge in [0.15, 0.2) is 0 Å². The highest BCUT2D eigenvalue weighted by Crippen LogP contribution is 2.67. The summed E-state index contributed by atoms with van der Waals surface area (Å²) in [6.07, 6.45) is 14.8. The highest BCUT2D eigenvalue weighted by atomic mass is 19.1. The number of alkyl halides is 1. The van der Waals surface area contributed by atoms with Gasteiger partial charge in [0, 0.05) is 11.8 Å². The molecule has 0 aliphatic heterocycles. The number of fused-ring (bicyclic) bond motifs is 5. The van der Waals surface area contributed by atoms with Gasteiger partial charge in [0.25, 0.3) is 0 Å². The van der Waals surface area contributed by atoms with Crippen LogP contribution in [0.4, 0.5) is 4.39 Å². The molecule has 0 aromatic heterocycles. The zero-order chi connectivity index (χ0) is 16.5. The van der Waals surface area contributed by atoms with Crippen LogP contribution in [0.2, 0.25) is 0 Å². The Morgan fingerprint density at radius 3 is 2.65 bits per heavy atom. The van der Waals surface area contributed by atoms with Gasteiger partial charge in [0.1, 0.15) is 11.8 Å². The Morgan fingerprint density at radius 2 is 1.91 bits per heavy atom. The van der Waals surface area contributed by atoms with Gasteiger partial charge in [-0.1, -0.05) is 31.4 Å². The van der Waals surface area contributed by atoms with E-state index in [1.165, 1.54) is 5.57 Å². The number of hydrogen-bond acceptors (Lipinski definition) is 1. The molecule has 0 aromatic rings. The van der Waals surface area contributed by atoms with Gasteiger partial charge in [-0.2, -0.15) is 0 Å². The van der Waals surface area contributed by atoms with Gasteiger partial charge in [-0.3, -0.25) is 0 Å². The smallest absolute Gasteiger partial charge is 0.130 e. The highest BCUT2D eigenvalue weighted by molar-refractivity contribution is 5.28. The van der Waals surface area contributed by atoms with Crippen molar-refractivity contribution >= 4 is 0 Å². The summed E-state index contributed by atoms with van der Waals surface area (Å²) >= 11 is 0. The van der Waals surface area contributed by atoms with Crippen LogP contribution in [-0.2, 0) is 0 Å². The second-order valence-corrected chi connectivity index (χ2v) is 9.10. The summed E-state index contributed by atoms with van der Waals surface area (Å²) in [6.45, 7) is 4.60. The molecule has 4 aliphatic rings. The van der Waals surface area contributed by atoms with Crippen molar-refractivity contribution in [2.24, 2.45) is 28.6 Å². The molecular weight excluding hydrogens is 287 g/mol. The number of aliphatic hydroxyl groups is 1. The lowest BCUT2D eigenvalue weighted by Crippen LogP contribution is -2.54. The van der Waals surface area contributed by atoms with Crippen molar-refractivity contribution in [1.29, 1.82) is 0 Å². The Morgan fingerprint density at radius 1 is 1.17 bits per heavy atom. The van der Waals surface area contributed by atoms with Crippen molar-refractivity contribution in [3.8, 4) is 12.3 Å². The molecule has 2 unspecified atom stereocenters. The maximum absolute atomic E-state index is 13.9. The molecule has 4 aliphatic carbocycles. The monoisotopic (exact) mass is 316 g/mol. The van der Waals surface area contributed by atoms with Crippen LogP contribution in [0.1, 0.15) is 65.2 Å². The minimum Gasteiger partial charge on any atom is -0.377 e. The van der Waals surface area contributed by atoms with Crippen molar-refractivity contribution in [3.05, 3.63) is 11.6 Å². The summed E-state index contributed by atoms with van der Waals surface area (Å²) in [4.78, 5) is 0. The van der Waals surface area contributed by atoms with E-state index in [2.05, 4.69) is 25.8 Å². The number of allylic oxidation sites excluding steroid dienone is 2. The van der Waals surface area contributed by atoms with E-state index in [-0.39, 0.29) is 10.8 Å². The Hall–Kier alpha value is -0.810. The van der Waals surface area contributed by atoms with E-state index < -0.39 is 11.8 Å². The molecule has 1 N–H and O–H groups in total. The molecule has 0 heterocycles. The molecule has 126 valence electrons. The SMILES string of the molecule is C#CC1(O)CC[C@H]2[C@@H]3CC=C4CC(F)CC[C@]4(C)[C@@H]3CC[C@@]21C. The van der Waals surface area contributed by atoms with Gasteiger partial charge in [0.2, 0.25) is 0 Å². The van der Waals surface area contributed by atoms with Crippen molar-refractivity contribution in [2.75, 3.05) is 0 Å². The van der Waals surface area contributed by atoms with E-state index in [1.807, 2.05) is 0 Å². The molecule has 0 radical (unpaired) electrons. The maximum Gasteiger partial charge on any atom is 0.130 e. The van der Waals surface area contributed by atoms with Gasteiger partial charge in [-0.15, -0.1) is 6.42 Å². The maximum atomic E-state index is 13.9. The fourth-order valence-electron chi connectivity index (χ4n) is 6.87. The Bertz CT molecular complexity index is 589. The van der Waals surface area contributed by atoms with Crippen LogP contribution >= 0.6 is 0 Å². The van der Waals surface area contributed by atoms with Crippen LogP contribution in [0.25, 0.3) is 0 Å². The Balaban J connectivity index is 1.69. The molecule has 2 heteroatoms. The first-order valence-electron chi connectivity index (χ1n) is 9.38. The lowest BCUT2D eigenvalue weighted by molar-refractivity contribution is -0.0956. The van der Waals surface area contributed by atoms with E-state index in [9.17, 15) is 9.50 Å². The second kappa shape index (κ2) is 4.85. The van der Waals surface area contributed by atoms with Gasteiger partial charge < -0.3 is 5.11 Å². The average Bonchev–Trinajstić information content (AvgIpc) is 2.80. The third-order valence-electron chi connectivity index (χ3n) is 8.43. The number of terminal acetylenes is 1. The predicted molar refractivity (Wildman–Crippen MR) is 90.4 cm³/mol. The first-order valence-corrected chi connectivity index (χ1v) is 9.38. The summed E-state index contributed by atoms with van der Waals surface area (Å²) in [6, 6.07) is 0. The van der Waals surface area contributed by atoms with Crippen LogP contribution < -0.4 is 0 Å². The zero-order valence-corrected chi connectivity index (χ0v) is 14.4. The average molecular weight is 316 g/mol. The van der Waals surface area contributed by atoms with E-state index >= 15 is 0 Å². The third-order valence-corrected chi connectivity index (χ3v) is 8.43. The van der Waals surface area contributed by atoms with Crippen molar-refractivity contribution in [1.82, 2.24) is 0 Å². The Kier molecular flexibility index (Phi) is 3.31.